The van der Waals surface area contributed by atoms with Gasteiger partial charge in [0.15, 0.2) is 0 Å². The molecule has 1 fully saturated rings. The fourth-order valence-corrected chi connectivity index (χ4v) is 2.59. The van der Waals surface area contributed by atoms with Crippen molar-refractivity contribution in [1.29, 1.82) is 0 Å². The number of carbonyl (C=O) groups is 1. The third-order valence-corrected chi connectivity index (χ3v) is 3.57. The van der Waals surface area contributed by atoms with E-state index in [1.807, 2.05) is 13.0 Å². The Balaban J connectivity index is 2.02. The monoisotopic (exact) mass is 287 g/mol. The highest BCUT2D eigenvalue weighted by Gasteiger charge is 2.25. The Morgan fingerprint density at radius 1 is 1.50 bits per heavy atom. The van der Waals surface area contributed by atoms with Crippen LogP contribution < -0.4 is 5.32 Å². The van der Waals surface area contributed by atoms with E-state index in [0.717, 1.165) is 18.4 Å². The van der Waals surface area contributed by atoms with Gasteiger partial charge < -0.3 is 10.1 Å². The zero-order valence-corrected chi connectivity index (χ0v) is 11.6. The highest BCUT2D eigenvalue weighted by molar-refractivity contribution is 6.35. The lowest BCUT2D eigenvalue weighted by molar-refractivity contribution is -0.130. The van der Waals surface area contributed by atoms with Crippen molar-refractivity contribution in [2.24, 2.45) is 0 Å². The minimum absolute atomic E-state index is 0.0778. The SMILES string of the molecule is CC(NC(=O)C1CCCO1)c1ccc(Cl)cc1Cl. The molecule has 2 atom stereocenters. The molecule has 0 aromatic heterocycles. The Hall–Kier alpha value is -0.770. The number of nitrogens with one attached hydrogen (secondary N) is 1. The Morgan fingerprint density at radius 3 is 2.89 bits per heavy atom. The van der Waals surface area contributed by atoms with Crippen molar-refractivity contribution in [3.8, 4) is 0 Å². The number of halogens is 2. The maximum Gasteiger partial charge on any atom is 0.249 e. The van der Waals surface area contributed by atoms with Gasteiger partial charge in [0.2, 0.25) is 5.91 Å². The quantitative estimate of drug-likeness (QED) is 0.926. The Morgan fingerprint density at radius 2 is 2.28 bits per heavy atom. The van der Waals surface area contributed by atoms with Gasteiger partial charge in [-0.2, -0.15) is 0 Å². The predicted molar refractivity (Wildman–Crippen MR) is 72.0 cm³/mol. The summed E-state index contributed by atoms with van der Waals surface area (Å²) in [4.78, 5) is 11.9. The van der Waals surface area contributed by atoms with Gasteiger partial charge in [-0.15, -0.1) is 0 Å². The van der Waals surface area contributed by atoms with Gasteiger partial charge >= 0.3 is 0 Å². The molecule has 0 radical (unpaired) electrons. The van der Waals surface area contributed by atoms with Gasteiger partial charge in [0.05, 0.1) is 6.04 Å². The number of carbonyl (C=O) groups excluding carboxylic acids is 1. The summed E-state index contributed by atoms with van der Waals surface area (Å²) >= 11 is 11.9. The maximum atomic E-state index is 11.9. The summed E-state index contributed by atoms with van der Waals surface area (Å²) in [7, 11) is 0. The van der Waals surface area contributed by atoms with Gasteiger partial charge in [0.1, 0.15) is 6.10 Å². The van der Waals surface area contributed by atoms with Gasteiger partial charge in [0.25, 0.3) is 0 Å². The Labute approximate surface area is 116 Å². The van der Waals surface area contributed by atoms with Crippen LogP contribution in [-0.2, 0) is 9.53 Å². The Kier molecular flexibility index (Phi) is 4.49. The summed E-state index contributed by atoms with van der Waals surface area (Å²) in [6.45, 7) is 2.55. The molecule has 0 saturated carbocycles. The van der Waals surface area contributed by atoms with Crippen LogP contribution >= 0.6 is 23.2 Å². The number of rotatable bonds is 3. The molecule has 1 saturated heterocycles. The van der Waals surface area contributed by atoms with Crippen LogP contribution in [0, 0.1) is 0 Å². The summed E-state index contributed by atoms with van der Waals surface area (Å²) in [5, 5.41) is 4.05. The second kappa shape index (κ2) is 5.91. The van der Waals surface area contributed by atoms with Crippen LogP contribution in [0.1, 0.15) is 31.4 Å². The summed E-state index contributed by atoms with van der Waals surface area (Å²) in [6, 6.07) is 5.10. The van der Waals surface area contributed by atoms with E-state index in [-0.39, 0.29) is 18.1 Å². The highest BCUT2D eigenvalue weighted by atomic mass is 35.5. The molecule has 1 heterocycles. The van der Waals surface area contributed by atoms with E-state index in [9.17, 15) is 4.79 Å². The smallest absolute Gasteiger partial charge is 0.249 e. The van der Waals surface area contributed by atoms with E-state index in [1.165, 1.54) is 0 Å². The molecule has 5 heteroatoms. The van der Waals surface area contributed by atoms with Gasteiger partial charge in [-0.05, 0) is 37.5 Å². The number of hydrogen-bond acceptors (Lipinski definition) is 2. The molecule has 2 rings (SSSR count). The van der Waals surface area contributed by atoms with E-state index in [1.54, 1.807) is 12.1 Å². The highest BCUT2D eigenvalue weighted by Crippen LogP contribution is 2.26. The lowest BCUT2D eigenvalue weighted by Gasteiger charge is -2.18. The van der Waals surface area contributed by atoms with Crippen LogP contribution in [-0.4, -0.2) is 18.6 Å². The maximum absolute atomic E-state index is 11.9. The van der Waals surface area contributed by atoms with Crippen LogP contribution in [0.3, 0.4) is 0 Å². The van der Waals surface area contributed by atoms with Crippen molar-refractivity contribution in [3.63, 3.8) is 0 Å². The molecule has 18 heavy (non-hydrogen) atoms. The summed E-state index contributed by atoms with van der Waals surface area (Å²) < 4.78 is 5.33. The standard InChI is InChI=1S/C13H15Cl2NO2/c1-8(10-5-4-9(14)7-11(10)15)16-13(17)12-3-2-6-18-12/h4-5,7-8,12H,2-3,6H2,1H3,(H,16,17). The molecule has 1 aliphatic heterocycles. The van der Waals surface area contributed by atoms with E-state index < -0.39 is 0 Å². The lowest BCUT2D eigenvalue weighted by atomic mass is 10.1. The minimum Gasteiger partial charge on any atom is -0.368 e. The van der Waals surface area contributed by atoms with Crippen LogP contribution in [0.15, 0.2) is 18.2 Å². The molecule has 1 aromatic carbocycles. The van der Waals surface area contributed by atoms with Crippen molar-refractivity contribution in [3.05, 3.63) is 33.8 Å². The molecule has 1 amide bonds. The fraction of sp³-hybridized carbons (Fsp3) is 0.462. The zero-order valence-electron chi connectivity index (χ0n) is 10.1. The molecule has 0 spiro atoms. The van der Waals surface area contributed by atoms with Gasteiger partial charge in [-0.25, -0.2) is 0 Å². The van der Waals surface area contributed by atoms with Gasteiger partial charge in [0, 0.05) is 16.7 Å². The summed E-state index contributed by atoms with van der Waals surface area (Å²) in [5.74, 6) is -0.0778. The first-order chi connectivity index (χ1) is 8.58. The molecule has 1 aliphatic rings. The predicted octanol–water partition coefficient (Wildman–Crippen LogP) is 3.35. The van der Waals surface area contributed by atoms with E-state index in [0.29, 0.717) is 16.7 Å². The van der Waals surface area contributed by atoms with Crippen LogP contribution in [0.4, 0.5) is 0 Å². The molecule has 0 bridgehead atoms. The van der Waals surface area contributed by atoms with E-state index in [2.05, 4.69) is 5.32 Å². The van der Waals surface area contributed by atoms with Gasteiger partial charge in [-0.3, -0.25) is 4.79 Å². The van der Waals surface area contributed by atoms with Crippen LogP contribution in [0.2, 0.25) is 10.0 Å². The molecule has 2 unspecified atom stereocenters. The lowest BCUT2D eigenvalue weighted by Crippen LogP contribution is -2.35. The van der Waals surface area contributed by atoms with Crippen LogP contribution in [0.25, 0.3) is 0 Å². The average molecular weight is 288 g/mol. The van der Waals surface area contributed by atoms with Crippen molar-refractivity contribution < 1.29 is 9.53 Å². The van der Waals surface area contributed by atoms with Gasteiger partial charge in [-0.1, -0.05) is 29.3 Å². The van der Waals surface area contributed by atoms with Crippen molar-refractivity contribution in [1.82, 2.24) is 5.32 Å². The number of hydrogen-bond donors (Lipinski definition) is 1. The molecule has 1 N–H and O–H groups in total. The molecular weight excluding hydrogens is 273 g/mol. The topological polar surface area (TPSA) is 38.3 Å². The fourth-order valence-electron chi connectivity index (χ4n) is 2.02. The Bertz CT molecular complexity index is 445. The first-order valence-corrected chi connectivity index (χ1v) is 6.70. The molecular formula is C13H15Cl2NO2. The molecule has 1 aromatic rings. The summed E-state index contributed by atoms with van der Waals surface area (Å²) in [6.07, 6.45) is 1.40. The third kappa shape index (κ3) is 3.16. The van der Waals surface area contributed by atoms with Crippen molar-refractivity contribution >= 4 is 29.1 Å². The first kappa shape index (κ1) is 13.7. The number of ether oxygens (including phenoxy) is 1. The van der Waals surface area contributed by atoms with E-state index >= 15 is 0 Å². The van der Waals surface area contributed by atoms with Crippen LogP contribution in [0.5, 0.6) is 0 Å². The number of benzene rings is 1. The molecule has 3 nitrogen and oxygen atoms in total. The normalized spacial score (nSPS) is 20.7. The van der Waals surface area contributed by atoms with Crippen molar-refractivity contribution in [2.45, 2.75) is 31.9 Å². The van der Waals surface area contributed by atoms with Crippen molar-refractivity contribution in [2.75, 3.05) is 6.61 Å². The third-order valence-electron chi connectivity index (χ3n) is 3.01. The molecule has 98 valence electrons. The largest absolute Gasteiger partial charge is 0.368 e. The summed E-state index contributed by atoms with van der Waals surface area (Å²) in [5.41, 5.74) is 0.854. The zero-order chi connectivity index (χ0) is 13.1. The molecule has 0 aliphatic carbocycles. The van der Waals surface area contributed by atoms with E-state index in [4.69, 9.17) is 27.9 Å². The minimum atomic E-state index is -0.321. The first-order valence-electron chi connectivity index (χ1n) is 5.95. The number of amides is 1. The average Bonchev–Trinajstić information content (AvgIpc) is 2.81. The second-order valence-corrected chi connectivity index (χ2v) is 5.24. The second-order valence-electron chi connectivity index (χ2n) is 4.40.